The van der Waals surface area contributed by atoms with Crippen molar-refractivity contribution in [3.8, 4) is 0 Å². The fourth-order valence-corrected chi connectivity index (χ4v) is 3.11. The van der Waals surface area contributed by atoms with Gasteiger partial charge >= 0.3 is 5.97 Å². The van der Waals surface area contributed by atoms with Crippen LogP contribution in [0.5, 0.6) is 0 Å². The molecule has 24 heavy (non-hydrogen) atoms. The van der Waals surface area contributed by atoms with Gasteiger partial charge in [0.25, 0.3) is 5.91 Å². The molecule has 0 aliphatic rings. The van der Waals surface area contributed by atoms with E-state index in [1.54, 1.807) is 13.8 Å². The molecule has 0 saturated heterocycles. The molecular weight excluding hydrogens is 332 g/mol. The van der Waals surface area contributed by atoms with Crippen LogP contribution in [0.1, 0.15) is 44.5 Å². The molecule has 1 aromatic carbocycles. The number of benzene rings is 1. The zero-order valence-corrected chi connectivity index (χ0v) is 15.1. The Bertz CT molecular complexity index is 670. The van der Waals surface area contributed by atoms with Gasteiger partial charge in [-0.3, -0.25) is 4.79 Å². The zero-order valence-electron chi connectivity index (χ0n) is 14.3. The summed E-state index contributed by atoms with van der Waals surface area (Å²) in [5, 5.41) is 2.55. The van der Waals surface area contributed by atoms with Crippen LogP contribution in [0.15, 0.2) is 29.2 Å². The molecule has 0 heterocycles. The van der Waals surface area contributed by atoms with Gasteiger partial charge in [0.1, 0.15) is 0 Å². The van der Waals surface area contributed by atoms with E-state index in [0.29, 0.717) is 13.0 Å². The van der Waals surface area contributed by atoms with Gasteiger partial charge in [0.2, 0.25) is 10.0 Å². The summed E-state index contributed by atoms with van der Waals surface area (Å²) in [5.41, 5.74) is 0.175. The van der Waals surface area contributed by atoms with E-state index in [9.17, 15) is 18.0 Å². The molecule has 1 aromatic rings. The second-order valence-corrected chi connectivity index (χ2v) is 7.11. The molecule has 0 aliphatic heterocycles. The monoisotopic (exact) mass is 356 g/mol. The highest BCUT2D eigenvalue weighted by Crippen LogP contribution is 2.13. The van der Waals surface area contributed by atoms with E-state index < -0.39 is 22.1 Å². The fourth-order valence-electron chi connectivity index (χ4n) is 1.79. The van der Waals surface area contributed by atoms with Crippen LogP contribution in [0.3, 0.4) is 0 Å². The number of ether oxygens (including phenoxy) is 1. The summed E-state index contributed by atoms with van der Waals surface area (Å²) < 4.78 is 31.9. The normalized spacial score (nSPS) is 13.8. The van der Waals surface area contributed by atoms with Crippen molar-refractivity contribution in [2.75, 3.05) is 6.54 Å². The average molecular weight is 356 g/mol. The van der Waals surface area contributed by atoms with Crippen LogP contribution < -0.4 is 10.0 Å². The number of carbonyl (C=O) groups excluding carboxylic acids is 2. The van der Waals surface area contributed by atoms with Gasteiger partial charge in [-0.25, -0.2) is 17.9 Å². The Balaban J connectivity index is 2.80. The number of sulfonamides is 1. The number of rotatable bonds is 8. The number of hydrogen-bond acceptors (Lipinski definition) is 5. The van der Waals surface area contributed by atoms with Gasteiger partial charge in [-0.2, -0.15) is 0 Å². The molecule has 0 aromatic heterocycles. The number of amides is 1. The fraction of sp³-hybridized carbons (Fsp3) is 0.500. The SMILES string of the molecule is CCNC(=O)[C@@H](C)OC(=O)c1ccc(S(=O)(=O)N[C@@H](C)CC)cc1. The minimum Gasteiger partial charge on any atom is -0.449 e. The highest BCUT2D eigenvalue weighted by Gasteiger charge is 2.20. The van der Waals surface area contributed by atoms with Gasteiger partial charge in [-0.05, 0) is 51.5 Å². The summed E-state index contributed by atoms with van der Waals surface area (Å²) in [7, 11) is -3.62. The van der Waals surface area contributed by atoms with E-state index >= 15 is 0 Å². The lowest BCUT2D eigenvalue weighted by Gasteiger charge is -2.14. The van der Waals surface area contributed by atoms with Crippen molar-refractivity contribution in [1.82, 2.24) is 10.0 Å². The van der Waals surface area contributed by atoms with Crippen molar-refractivity contribution in [3.63, 3.8) is 0 Å². The van der Waals surface area contributed by atoms with E-state index in [2.05, 4.69) is 10.0 Å². The number of likely N-dealkylation sites (N-methyl/N-ethyl adjacent to an activating group) is 1. The van der Waals surface area contributed by atoms with Crippen molar-refractivity contribution < 1.29 is 22.7 Å². The molecule has 1 amide bonds. The number of carbonyl (C=O) groups is 2. The predicted molar refractivity (Wildman–Crippen MR) is 90.1 cm³/mol. The number of esters is 1. The van der Waals surface area contributed by atoms with Crippen LogP contribution in [-0.4, -0.2) is 39.0 Å². The van der Waals surface area contributed by atoms with Crippen LogP contribution >= 0.6 is 0 Å². The zero-order chi connectivity index (χ0) is 18.3. The van der Waals surface area contributed by atoms with Crippen molar-refractivity contribution in [1.29, 1.82) is 0 Å². The lowest BCUT2D eigenvalue weighted by atomic mass is 10.2. The third kappa shape index (κ3) is 5.61. The molecule has 134 valence electrons. The van der Waals surface area contributed by atoms with Crippen molar-refractivity contribution in [3.05, 3.63) is 29.8 Å². The predicted octanol–water partition coefficient (Wildman–Crippen LogP) is 1.44. The van der Waals surface area contributed by atoms with E-state index in [1.807, 2.05) is 6.92 Å². The van der Waals surface area contributed by atoms with Gasteiger partial charge in [-0.1, -0.05) is 6.92 Å². The number of hydrogen-bond donors (Lipinski definition) is 2. The minimum atomic E-state index is -3.62. The summed E-state index contributed by atoms with van der Waals surface area (Å²) in [6.45, 7) is 7.32. The number of nitrogens with one attached hydrogen (secondary N) is 2. The second-order valence-electron chi connectivity index (χ2n) is 5.40. The van der Waals surface area contributed by atoms with Gasteiger partial charge in [0.15, 0.2) is 6.10 Å². The van der Waals surface area contributed by atoms with E-state index in [-0.39, 0.29) is 22.4 Å². The highest BCUT2D eigenvalue weighted by atomic mass is 32.2. The first-order valence-corrected chi connectivity index (χ1v) is 9.30. The highest BCUT2D eigenvalue weighted by molar-refractivity contribution is 7.89. The van der Waals surface area contributed by atoms with Gasteiger partial charge < -0.3 is 10.1 Å². The molecule has 1 rings (SSSR count). The minimum absolute atomic E-state index is 0.0659. The van der Waals surface area contributed by atoms with E-state index in [0.717, 1.165) is 0 Å². The van der Waals surface area contributed by atoms with Crippen LogP contribution in [0.4, 0.5) is 0 Å². The first-order valence-electron chi connectivity index (χ1n) is 7.82. The van der Waals surface area contributed by atoms with Crippen LogP contribution in [0.25, 0.3) is 0 Å². The maximum absolute atomic E-state index is 12.1. The van der Waals surface area contributed by atoms with Gasteiger partial charge in [0.05, 0.1) is 10.5 Å². The summed E-state index contributed by atoms with van der Waals surface area (Å²) in [4.78, 5) is 23.6. The molecule has 8 heteroatoms. The molecular formula is C16H24N2O5S. The Kier molecular flexibility index (Phi) is 7.37. The van der Waals surface area contributed by atoms with Crippen molar-refractivity contribution >= 4 is 21.9 Å². The smallest absolute Gasteiger partial charge is 0.338 e. The largest absolute Gasteiger partial charge is 0.449 e. The Morgan fingerprint density at radius 1 is 1.12 bits per heavy atom. The first-order chi connectivity index (χ1) is 11.2. The Morgan fingerprint density at radius 2 is 1.71 bits per heavy atom. The third-order valence-corrected chi connectivity index (χ3v) is 4.98. The maximum Gasteiger partial charge on any atom is 0.338 e. The topological polar surface area (TPSA) is 102 Å². The molecule has 2 N–H and O–H groups in total. The molecule has 0 unspecified atom stereocenters. The van der Waals surface area contributed by atoms with Crippen LogP contribution in [0.2, 0.25) is 0 Å². The summed E-state index contributed by atoms with van der Waals surface area (Å²) in [6, 6.07) is 5.20. The Hall–Kier alpha value is -1.93. The van der Waals surface area contributed by atoms with Crippen molar-refractivity contribution in [2.24, 2.45) is 0 Å². The molecule has 0 bridgehead atoms. The quantitative estimate of drug-likeness (QED) is 0.687. The molecule has 7 nitrogen and oxygen atoms in total. The lowest BCUT2D eigenvalue weighted by Crippen LogP contribution is -2.35. The van der Waals surface area contributed by atoms with Gasteiger partial charge in [-0.15, -0.1) is 0 Å². The van der Waals surface area contributed by atoms with Crippen LogP contribution in [-0.2, 0) is 19.6 Å². The third-order valence-electron chi connectivity index (χ3n) is 3.37. The van der Waals surface area contributed by atoms with Gasteiger partial charge in [0, 0.05) is 12.6 Å². The second kappa shape index (κ2) is 8.79. The molecule has 0 aliphatic carbocycles. The summed E-state index contributed by atoms with van der Waals surface area (Å²) >= 11 is 0. The lowest BCUT2D eigenvalue weighted by molar-refractivity contribution is -0.128. The van der Waals surface area contributed by atoms with E-state index in [1.165, 1.54) is 31.2 Å². The standard InChI is InChI=1S/C16H24N2O5S/c1-5-11(3)18-24(21,22)14-9-7-13(8-10-14)16(20)23-12(4)15(19)17-6-2/h7-12,18H,5-6H2,1-4H3,(H,17,19)/t11-,12+/m0/s1. The maximum atomic E-state index is 12.1. The molecule has 0 radical (unpaired) electrons. The molecule has 0 saturated carbocycles. The molecule has 2 atom stereocenters. The molecule has 0 fully saturated rings. The Labute approximate surface area is 142 Å². The van der Waals surface area contributed by atoms with E-state index in [4.69, 9.17) is 4.74 Å². The molecule has 0 spiro atoms. The Morgan fingerprint density at radius 3 is 2.21 bits per heavy atom. The summed E-state index contributed by atoms with van der Waals surface area (Å²) in [6.07, 6.45) is -0.255. The summed E-state index contributed by atoms with van der Waals surface area (Å²) in [5.74, 6) is -1.07. The van der Waals surface area contributed by atoms with Crippen molar-refractivity contribution in [2.45, 2.75) is 51.2 Å². The first kappa shape index (κ1) is 20.1. The van der Waals surface area contributed by atoms with Crippen LogP contribution in [0, 0.1) is 0 Å². The average Bonchev–Trinajstić information content (AvgIpc) is 2.54.